The predicted octanol–water partition coefficient (Wildman–Crippen LogP) is 3.59. The minimum atomic E-state index is -0.293. The van der Waals surface area contributed by atoms with E-state index < -0.39 is 0 Å². The summed E-state index contributed by atoms with van der Waals surface area (Å²) in [5.41, 5.74) is 0.716. The largest absolute Gasteiger partial charge is 0.508 e. The highest BCUT2D eigenvalue weighted by atomic mass is 32.2. The van der Waals surface area contributed by atoms with E-state index in [1.807, 2.05) is 31.2 Å². The topological polar surface area (TPSA) is 68.1 Å². The third kappa shape index (κ3) is 4.63. The van der Waals surface area contributed by atoms with Crippen LogP contribution in [0.4, 0.5) is 0 Å². The number of ether oxygens (including phenoxy) is 1. The number of hydrogen-bond acceptors (Lipinski definition) is 6. The molecule has 0 aliphatic carbocycles. The van der Waals surface area contributed by atoms with Crippen molar-refractivity contribution in [3.63, 3.8) is 0 Å². The summed E-state index contributed by atoms with van der Waals surface area (Å²) in [5.74, 6) is -0.0524. The van der Waals surface area contributed by atoms with Gasteiger partial charge in [0.15, 0.2) is 0 Å². The summed E-state index contributed by atoms with van der Waals surface area (Å²) in [5, 5.41) is 15.3. The van der Waals surface area contributed by atoms with Gasteiger partial charge in [0.2, 0.25) is 0 Å². The molecule has 2 aromatic rings. The third-order valence-electron chi connectivity index (χ3n) is 3.35. The van der Waals surface area contributed by atoms with Crippen molar-refractivity contribution in [1.82, 2.24) is 0 Å². The fourth-order valence-electron chi connectivity index (χ4n) is 2.16. The first-order chi connectivity index (χ1) is 11.0. The van der Waals surface area contributed by atoms with Crippen molar-refractivity contribution in [2.45, 2.75) is 23.5 Å². The highest BCUT2D eigenvalue weighted by Gasteiger charge is 2.19. The summed E-state index contributed by atoms with van der Waals surface area (Å²) in [4.78, 5) is 17.4. The summed E-state index contributed by atoms with van der Waals surface area (Å²) in [6, 6.07) is 11.1. The van der Waals surface area contributed by atoms with E-state index in [0.29, 0.717) is 5.71 Å². The normalized spacial score (nSPS) is 12.9. The lowest BCUT2D eigenvalue weighted by Crippen LogP contribution is -2.19. The van der Waals surface area contributed by atoms with Crippen LogP contribution in [0.1, 0.15) is 13.3 Å². The van der Waals surface area contributed by atoms with E-state index in [4.69, 9.17) is 9.57 Å². The highest BCUT2D eigenvalue weighted by molar-refractivity contribution is 8.00. The van der Waals surface area contributed by atoms with Crippen LogP contribution in [0.2, 0.25) is 0 Å². The van der Waals surface area contributed by atoms with Crippen molar-refractivity contribution in [1.29, 1.82) is 0 Å². The van der Waals surface area contributed by atoms with Crippen molar-refractivity contribution in [2.24, 2.45) is 5.16 Å². The molecule has 0 aliphatic heterocycles. The van der Waals surface area contributed by atoms with E-state index in [-0.39, 0.29) is 23.4 Å². The minimum absolute atomic E-state index is 0.169. The second-order valence-corrected chi connectivity index (χ2v) is 6.27. The van der Waals surface area contributed by atoms with Crippen LogP contribution in [0.15, 0.2) is 46.4 Å². The summed E-state index contributed by atoms with van der Waals surface area (Å²) in [6.07, 6.45) is 0.216. The first kappa shape index (κ1) is 17.1. The summed E-state index contributed by atoms with van der Waals surface area (Å²) in [7, 11) is 2.85. The van der Waals surface area contributed by atoms with Crippen LogP contribution in [0.3, 0.4) is 0 Å². The molecule has 122 valence electrons. The number of carbonyl (C=O) groups excluding carboxylic acids is 1. The molecule has 0 saturated heterocycles. The molecule has 2 aromatic carbocycles. The molecular weight excluding hydrogens is 314 g/mol. The van der Waals surface area contributed by atoms with Crippen molar-refractivity contribution < 1.29 is 19.5 Å². The standard InChI is InChI=1S/C17H19NO4S/c1-11(18-22-3)16(10-17(20)21-2)23-15-7-5-12-8-14(19)6-4-13(12)9-15/h4-9,16,19H,10H2,1-3H3/b18-11+. The number of fused-ring (bicyclic) bond motifs is 1. The number of thioether (sulfide) groups is 1. The molecule has 0 saturated carbocycles. The zero-order chi connectivity index (χ0) is 16.8. The van der Waals surface area contributed by atoms with E-state index in [9.17, 15) is 9.90 Å². The van der Waals surface area contributed by atoms with Crippen LogP contribution in [0.5, 0.6) is 5.75 Å². The SMILES string of the molecule is CO/N=C(\C)C(CC(=O)OC)Sc1ccc2cc(O)ccc2c1. The Kier molecular flexibility index (Phi) is 5.87. The molecule has 0 heterocycles. The number of carbonyl (C=O) groups is 1. The van der Waals surface area contributed by atoms with Gasteiger partial charge < -0.3 is 14.7 Å². The Balaban J connectivity index is 2.25. The molecule has 0 amide bonds. The van der Waals surface area contributed by atoms with Gasteiger partial charge in [-0.05, 0) is 42.0 Å². The molecule has 0 bridgehead atoms. The van der Waals surface area contributed by atoms with Gasteiger partial charge in [-0.2, -0.15) is 0 Å². The number of methoxy groups -OCH3 is 1. The van der Waals surface area contributed by atoms with Gasteiger partial charge >= 0.3 is 5.97 Å². The molecule has 1 N–H and O–H groups in total. The fraction of sp³-hybridized carbons (Fsp3) is 0.294. The first-order valence-corrected chi connectivity index (χ1v) is 7.95. The minimum Gasteiger partial charge on any atom is -0.508 e. The Morgan fingerprint density at radius 1 is 1.22 bits per heavy atom. The van der Waals surface area contributed by atoms with Crippen LogP contribution in [0, 0.1) is 0 Å². The number of phenolic OH excluding ortho intramolecular Hbond substituents is 1. The van der Waals surface area contributed by atoms with Gasteiger partial charge in [-0.25, -0.2) is 0 Å². The number of aromatic hydroxyl groups is 1. The van der Waals surface area contributed by atoms with Gasteiger partial charge in [0.1, 0.15) is 12.9 Å². The van der Waals surface area contributed by atoms with Crippen molar-refractivity contribution in [3.05, 3.63) is 36.4 Å². The maximum absolute atomic E-state index is 11.6. The molecule has 23 heavy (non-hydrogen) atoms. The Labute approximate surface area is 139 Å². The number of nitrogens with zero attached hydrogens (tertiary/aromatic N) is 1. The number of benzene rings is 2. The lowest BCUT2D eigenvalue weighted by atomic mass is 10.1. The molecule has 0 radical (unpaired) electrons. The molecule has 1 atom stereocenters. The molecular formula is C17H19NO4S. The molecule has 0 fully saturated rings. The van der Waals surface area contributed by atoms with Crippen LogP contribution in [0.25, 0.3) is 10.8 Å². The summed E-state index contributed by atoms with van der Waals surface area (Å²) in [6.45, 7) is 1.82. The Morgan fingerprint density at radius 2 is 1.91 bits per heavy atom. The van der Waals surface area contributed by atoms with Crippen LogP contribution in [-0.2, 0) is 14.4 Å². The van der Waals surface area contributed by atoms with E-state index >= 15 is 0 Å². The molecule has 6 heteroatoms. The zero-order valence-corrected chi connectivity index (χ0v) is 14.1. The number of rotatable bonds is 6. The molecule has 2 rings (SSSR count). The van der Waals surface area contributed by atoms with Gasteiger partial charge in [-0.1, -0.05) is 17.3 Å². The zero-order valence-electron chi connectivity index (χ0n) is 13.3. The maximum atomic E-state index is 11.6. The lowest BCUT2D eigenvalue weighted by molar-refractivity contribution is -0.140. The fourth-order valence-corrected chi connectivity index (χ4v) is 3.26. The van der Waals surface area contributed by atoms with Crippen molar-refractivity contribution in [3.8, 4) is 5.75 Å². The van der Waals surface area contributed by atoms with Gasteiger partial charge in [0.25, 0.3) is 0 Å². The van der Waals surface area contributed by atoms with Crippen molar-refractivity contribution in [2.75, 3.05) is 14.2 Å². The molecule has 0 aromatic heterocycles. The van der Waals surface area contributed by atoms with E-state index in [1.165, 1.54) is 26.0 Å². The van der Waals surface area contributed by atoms with E-state index in [2.05, 4.69) is 5.16 Å². The number of hydrogen-bond donors (Lipinski definition) is 1. The van der Waals surface area contributed by atoms with Gasteiger partial charge in [-0.15, -0.1) is 11.8 Å². The number of phenols is 1. The van der Waals surface area contributed by atoms with Gasteiger partial charge in [0.05, 0.1) is 24.5 Å². The Hall–Kier alpha value is -2.21. The van der Waals surface area contributed by atoms with Gasteiger partial charge in [0, 0.05) is 4.90 Å². The van der Waals surface area contributed by atoms with Crippen LogP contribution < -0.4 is 0 Å². The molecule has 0 aliphatic rings. The lowest BCUT2D eigenvalue weighted by Gasteiger charge is -2.15. The first-order valence-electron chi connectivity index (χ1n) is 7.07. The van der Waals surface area contributed by atoms with Crippen molar-refractivity contribution >= 4 is 34.2 Å². The highest BCUT2D eigenvalue weighted by Crippen LogP contribution is 2.30. The monoisotopic (exact) mass is 333 g/mol. The average Bonchev–Trinajstić information content (AvgIpc) is 2.54. The second-order valence-electron chi connectivity index (χ2n) is 5.00. The number of oxime groups is 1. The quantitative estimate of drug-likeness (QED) is 0.379. The maximum Gasteiger partial charge on any atom is 0.307 e. The smallest absolute Gasteiger partial charge is 0.307 e. The Bertz CT molecular complexity index is 730. The second kappa shape index (κ2) is 7.87. The number of esters is 1. The summed E-state index contributed by atoms with van der Waals surface area (Å²) >= 11 is 1.53. The van der Waals surface area contributed by atoms with Crippen LogP contribution in [-0.4, -0.2) is 36.3 Å². The van der Waals surface area contributed by atoms with E-state index in [1.54, 1.807) is 12.1 Å². The molecule has 0 spiro atoms. The van der Waals surface area contributed by atoms with Gasteiger partial charge in [-0.3, -0.25) is 4.79 Å². The van der Waals surface area contributed by atoms with Crippen LogP contribution >= 0.6 is 11.8 Å². The predicted molar refractivity (Wildman–Crippen MR) is 92.0 cm³/mol. The summed E-state index contributed by atoms with van der Waals surface area (Å²) < 4.78 is 4.75. The average molecular weight is 333 g/mol. The Morgan fingerprint density at radius 3 is 2.61 bits per heavy atom. The third-order valence-corrected chi connectivity index (χ3v) is 4.67. The van der Waals surface area contributed by atoms with E-state index in [0.717, 1.165) is 15.7 Å². The molecule has 5 nitrogen and oxygen atoms in total. The molecule has 1 unspecified atom stereocenters.